The Hall–Kier alpha value is 1.05. The van der Waals surface area contributed by atoms with E-state index in [2.05, 4.69) is 98.2 Å². The van der Waals surface area contributed by atoms with E-state index in [-0.39, 0.29) is 59.5 Å². The Kier molecular flexibility index (Phi) is 58.7. The topological polar surface area (TPSA) is 423 Å². The number of aliphatic hydroxyl groups excluding tert-OH is 14. The fraction of sp³-hybridized carbons (Fsp3) is 1.00. The molecule has 0 aromatic carbocycles. The summed E-state index contributed by atoms with van der Waals surface area (Å²) in [5.74, 6) is 0.411. The number of ether oxygens (including phenoxy) is 3. The summed E-state index contributed by atoms with van der Waals surface area (Å²) < 4.78 is 75.3. The average molecular weight is 1630 g/mol. The SMILES string of the molecule is CO[Si](CCCO)(CC(O)CO)O[Si](C)(C)C.CO[Si](CCO)(CCC1CCC(O)C(O)C1)O[Si](C)(C)C.CO[Si](CCO)(CCCOC(O)C(C)O)O[Si](C)(C)C.CO[Si](CCO)(CCCOCC(C)(O)C(C)O)O[Si](C)(C)C.CO[Si](CCO)(CCCOCC(O)CO)O[Si](C)(C)C. The minimum Gasteiger partial charge on any atom is -0.436 e. The molecule has 0 radical (unpaired) electrons. The molecule has 28 nitrogen and oxygen atoms in total. The van der Waals surface area contributed by atoms with E-state index in [1.54, 1.807) is 42.5 Å². The zero-order valence-corrected chi connectivity index (χ0v) is 76.3. The molecule has 14 unspecified atom stereocenters. The first kappa shape index (κ1) is 107. The highest BCUT2D eigenvalue weighted by Crippen LogP contribution is 2.34. The Labute approximate surface area is 614 Å². The van der Waals surface area contributed by atoms with Crippen molar-refractivity contribution < 1.29 is 134 Å². The van der Waals surface area contributed by atoms with Crippen LogP contribution in [0.15, 0.2) is 0 Å². The highest BCUT2D eigenvalue weighted by Gasteiger charge is 2.45. The van der Waals surface area contributed by atoms with Gasteiger partial charge in [0, 0.05) is 119 Å². The molecule has 608 valence electrons. The van der Waals surface area contributed by atoms with Crippen LogP contribution in [0.2, 0.25) is 159 Å². The normalized spacial score (nSPS) is 20.8. The smallest absolute Gasteiger partial charge is 0.330 e. The molecule has 1 aliphatic carbocycles. The van der Waals surface area contributed by atoms with E-state index in [1.165, 1.54) is 13.8 Å². The Bertz CT molecular complexity index is 1950. The van der Waals surface area contributed by atoms with Gasteiger partial charge in [0.15, 0.2) is 47.9 Å². The third-order valence-electron chi connectivity index (χ3n) is 15.5. The Morgan fingerprint density at radius 2 is 0.750 bits per heavy atom. The van der Waals surface area contributed by atoms with E-state index in [0.717, 1.165) is 43.8 Å². The van der Waals surface area contributed by atoms with Crippen molar-refractivity contribution in [3.05, 3.63) is 0 Å². The molecule has 1 saturated carbocycles. The van der Waals surface area contributed by atoms with E-state index < -0.39 is 133 Å². The Morgan fingerprint density at radius 3 is 1.06 bits per heavy atom. The monoisotopic (exact) mass is 1620 g/mol. The molecule has 0 heterocycles. The van der Waals surface area contributed by atoms with Crippen LogP contribution in [0.4, 0.5) is 0 Å². The van der Waals surface area contributed by atoms with Gasteiger partial charge in [-0.15, -0.1) is 0 Å². The lowest BCUT2D eigenvalue weighted by Crippen LogP contribution is -2.51. The van der Waals surface area contributed by atoms with Crippen molar-refractivity contribution in [2.24, 2.45) is 5.92 Å². The Morgan fingerprint density at radius 1 is 0.410 bits per heavy atom. The average Bonchev–Trinajstić information content (AvgIpc) is 0.865. The summed E-state index contributed by atoms with van der Waals surface area (Å²) in [6.07, 6.45) is 0.242. The van der Waals surface area contributed by atoms with Gasteiger partial charge in [0.05, 0.1) is 50.8 Å². The van der Waals surface area contributed by atoms with Crippen molar-refractivity contribution in [2.75, 3.05) is 115 Å². The maximum absolute atomic E-state index is 9.89. The van der Waals surface area contributed by atoms with Gasteiger partial charge in [-0.05, 0) is 206 Å². The molecule has 15 N–H and O–H groups in total. The molecule has 0 amide bonds. The number of rotatable bonds is 52. The zero-order valence-electron chi connectivity index (χ0n) is 66.3. The van der Waals surface area contributed by atoms with Crippen molar-refractivity contribution in [3.63, 3.8) is 0 Å². The molecule has 1 fully saturated rings. The van der Waals surface area contributed by atoms with Crippen LogP contribution >= 0.6 is 0 Å². The molecule has 0 aliphatic heterocycles. The number of hydrogen-bond donors (Lipinski definition) is 15. The van der Waals surface area contributed by atoms with Crippen LogP contribution < -0.4 is 0 Å². The molecule has 100 heavy (non-hydrogen) atoms. The molecular formula is C62H152O28Si10. The molecule has 1 aliphatic rings. The summed E-state index contributed by atoms with van der Waals surface area (Å²) in [5.41, 5.74) is -1.24. The lowest BCUT2D eigenvalue weighted by molar-refractivity contribution is -0.155. The third-order valence-corrected chi connectivity index (χ3v) is 49.5. The van der Waals surface area contributed by atoms with Crippen LogP contribution in [-0.2, 0) is 56.9 Å². The highest BCUT2D eigenvalue weighted by atomic mass is 28.5. The van der Waals surface area contributed by atoms with Crippen LogP contribution in [0.3, 0.4) is 0 Å². The van der Waals surface area contributed by atoms with Crippen LogP contribution in [0, 0.1) is 5.92 Å². The Balaban J connectivity index is -0.000000577. The van der Waals surface area contributed by atoms with Gasteiger partial charge >= 0.3 is 42.8 Å². The number of aliphatic hydroxyl groups is 15. The van der Waals surface area contributed by atoms with Gasteiger partial charge in [0.2, 0.25) is 0 Å². The summed E-state index contributed by atoms with van der Waals surface area (Å²) in [6, 6.07) is 6.29. The molecular weight excluding hydrogens is 1470 g/mol. The second kappa shape index (κ2) is 54.6. The van der Waals surface area contributed by atoms with Gasteiger partial charge in [-0.2, -0.15) is 0 Å². The summed E-state index contributed by atoms with van der Waals surface area (Å²) in [4.78, 5) is 0. The maximum atomic E-state index is 9.89. The first-order valence-electron chi connectivity index (χ1n) is 35.7. The van der Waals surface area contributed by atoms with Crippen molar-refractivity contribution in [2.45, 2.75) is 279 Å². The third kappa shape index (κ3) is 54.6. The van der Waals surface area contributed by atoms with Crippen LogP contribution in [-0.4, -0.2) is 324 Å². The first-order valence-corrected chi connectivity index (χ1v) is 63.9. The molecule has 0 spiro atoms. The molecule has 0 bridgehead atoms. The van der Waals surface area contributed by atoms with E-state index in [4.69, 9.17) is 82.4 Å². The van der Waals surface area contributed by atoms with Crippen LogP contribution in [0.25, 0.3) is 0 Å². The fourth-order valence-electron chi connectivity index (χ4n) is 10.7. The minimum absolute atomic E-state index is 0.0434. The first-order chi connectivity index (χ1) is 45.9. The van der Waals surface area contributed by atoms with Gasteiger partial charge in [-0.1, -0.05) is 0 Å². The summed E-state index contributed by atoms with van der Waals surface area (Å²) in [7, 11) is -12.6. The van der Waals surface area contributed by atoms with Gasteiger partial charge in [0.1, 0.15) is 17.8 Å². The summed E-state index contributed by atoms with van der Waals surface area (Å²) >= 11 is 0. The van der Waals surface area contributed by atoms with Gasteiger partial charge in [-0.25, -0.2) is 0 Å². The second-order valence-electron chi connectivity index (χ2n) is 31.1. The predicted molar refractivity (Wildman–Crippen MR) is 416 cm³/mol. The minimum atomic E-state index is -2.52. The van der Waals surface area contributed by atoms with Crippen LogP contribution in [0.1, 0.15) is 72.1 Å². The van der Waals surface area contributed by atoms with Gasteiger partial charge in [-0.3, -0.25) is 0 Å². The molecule has 0 aromatic rings. The van der Waals surface area contributed by atoms with Crippen LogP contribution in [0.5, 0.6) is 0 Å². The molecule has 14 atom stereocenters. The van der Waals surface area contributed by atoms with Crippen molar-refractivity contribution in [1.29, 1.82) is 0 Å². The molecule has 38 heteroatoms. The summed E-state index contributed by atoms with van der Waals surface area (Å²) in [6.45, 7) is 37.4. The lowest BCUT2D eigenvalue weighted by atomic mass is 9.84. The number of hydrogen-bond acceptors (Lipinski definition) is 28. The maximum Gasteiger partial charge on any atom is 0.330 e. The van der Waals surface area contributed by atoms with Crippen molar-refractivity contribution >= 4 is 84.4 Å². The summed E-state index contributed by atoms with van der Waals surface area (Å²) in [5, 5.41) is 140. The van der Waals surface area contributed by atoms with E-state index in [1.807, 2.05) is 0 Å². The quantitative estimate of drug-likeness (QED) is 0.0199. The van der Waals surface area contributed by atoms with Crippen molar-refractivity contribution in [3.8, 4) is 0 Å². The lowest BCUT2D eigenvalue weighted by Gasteiger charge is -2.37. The zero-order chi connectivity index (χ0) is 78.5. The van der Waals surface area contributed by atoms with Crippen molar-refractivity contribution in [1.82, 2.24) is 0 Å². The predicted octanol–water partition coefficient (Wildman–Crippen LogP) is 5.65. The largest absolute Gasteiger partial charge is 0.436 e. The van der Waals surface area contributed by atoms with Gasteiger partial charge in [0.25, 0.3) is 0 Å². The molecule has 0 aromatic heterocycles. The molecule has 0 saturated heterocycles. The van der Waals surface area contributed by atoms with E-state index in [9.17, 15) is 51.1 Å². The standard InChI is InChI=1S/C14H34O6Si2.C14H32O5Si2.2C12H30O6Si2.C10H26O5Si2/c1-13(16)14(2,17)12-19-9-7-10-22(18-3,11-8-15)20-21(4,5)6;1-18-21(10-8-15,19-20(2,3)4)9-7-12-5-6-13(16)14(17)11-12;1-11(14)12(15)17-8-6-9-20(16-2,10-7-13)18-19(3,4)5;1-16-20(9-6-13,18-19(2,3)4)8-5-7-17-11-12(15)10-14;1-14-17(7-5-6-11,9-10(13)8-12)15-16(2,3)4/h13,15-17H,7-12H2,1-6H3;12-17H,5-11H2,1-4H3;11-15H,6-10H2,1-5H3;12-15H,5-11H2,1-4H3;10-13H,5-9H2,1-4H3. The fourth-order valence-corrected chi connectivity index (χ4v) is 47.7. The highest BCUT2D eigenvalue weighted by molar-refractivity contribution is 6.85. The van der Waals surface area contributed by atoms with Gasteiger partial charge < -0.3 is 134 Å². The molecule has 1 rings (SSSR count). The van der Waals surface area contributed by atoms with E-state index >= 15 is 0 Å². The second-order valence-corrected chi connectivity index (χ2v) is 72.3. The van der Waals surface area contributed by atoms with E-state index in [0.29, 0.717) is 93.7 Å².